The van der Waals surface area contributed by atoms with E-state index in [9.17, 15) is 9.59 Å². The summed E-state index contributed by atoms with van der Waals surface area (Å²) in [6.45, 7) is 4.17. The molecule has 2 aromatic heterocycles. The Morgan fingerprint density at radius 2 is 1.70 bits per heavy atom. The van der Waals surface area contributed by atoms with Gasteiger partial charge in [-0.1, -0.05) is 31.4 Å². The molecule has 0 radical (unpaired) electrons. The number of carbonyl (C=O) groups is 2. The van der Waals surface area contributed by atoms with Crippen molar-refractivity contribution >= 4 is 17.6 Å². The topological polar surface area (TPSA) is 112 Å². The summed E-state index contributed by atoms with van der Waals surface area (Å²) in [5, 5.41) is 0. The largest absolute Gasteiger partial charge is 0.496 e. The Hall–Kier alpha value is -3.68. The number of ether oxygens (including phenoxy) is 1. The molecule has 43 heavy (non-hydrogen) atoms. The molecule has 3 fully saturated rings. The normalized spacial score (nSPS) is 20.5. The van der Waals surface area contributed by atoms with E-state index in [-0.39, 0.29) is 19.2 Å². The zero-order chi connectivity index (χ0) is 30.3. The Labute approximate surface area is 256 Å². The quantitative estimate of drug-likeness (QED) is 0.291. The van der Waals surface area contributed by atoms with Crippen molar-refractivity contribution in [3.05, 3.63) is 59.8 Å². The van der Waals surface area contributed by atoms with E-state index < -0.39 is 0 Å². The molecule has 3 aliphatic carbocycles. The predicted molar refractivity (Wildman–Crippen MR) is 170 cm³/mol. The van der Waals surface area contributed by atoms with E-state index in [0.717, 1.165) is 99.5 Å². The first-order chi connectivity index (χ1) is 20.8. The fraction of sp³-hybridized carbons (Fsp3) is 0.543. The number of aromatic nitrogens is 2. The zero-order valence-electron chi connectivity index (χ0n) is 25.9. The number of nitrogens with zero attached hydrogens (tertiary/aromatic N) is 3. The molecule has 3 aromatic rings. The molecule has 0 aliphatic heterocycles. The smallest absolute Gasteiger partial charge is 0.231 e. The number of benzene rings is 1. The number of carbonyl (C=O) groups excluding carboxylic acids is 2. The molecule has 1 aromatic carbocycles. The van der Waals surface area contributed by atoms with Gasteiger partial charge >= 0.3 is 0 Å². The second-order valence-electron chi connectivity index (χ2n) is 12.6. The van der Waals surface area contributed by atoms with Crippen LogP contribution in [0.5, 0.6) is 5.75 Å². The summed E-state index contributed by atoms with van der Waals surface area (Å²) >= 11 is 0. The molecule has 2 amide bonds. The van der Waals surface area contributed by atoms with E-state index in [1.807, 2.05) is 23.2 Å². The highest BCUT2D eigenvalue weighted by atomic mass is 16.5. The molecule has 3 aliphatic rings. The molecular weight excluding hydrogens is 540 g/mol. The lowest BCUT2D eigenvalue weighted by Crippen LogP contribution is -2.41. The van der Waals surface area contributed by atoms with Gasteiger partial charge in [0.15, 0.2) is 5.89 Å². The maximum Gasteiger partial charge on any atom is 0.231 e. The highest BCUT2D eigenvalue weighted by Gasteiger charge is 2.32. The van der Waals surface area contributed by atoms with Crippen LogP contribution in [0.1, 0.15) is 108 Å². The molecule has 8 nitrogen and oxygen atoms in total. The first-order valence-electron chi connectivity index (χ1n) is 16.0. The summed E-state index contributed by atoms with van der Waals surface area (Å²) in [5.41, 5.74) is 8.88. The van der Waals surface area contributed by atoms with Crippen LogP contribution in [0.2, 0.25) is 0 Å². The molecule has 0 atom stereocenters. The SMILES string of the molecule is CC(N)=O.COc1ccc(C2CCC(CN(C(=O)C3CCCCC3)c3cc(-c4coc(C5CC5)n4)ccn3)CC2)cc1C.[HH]. The van der Waals surface area contributed by atoms with Crippen LogP contribution in [0.4, 0.5) is 5.82 Å². The molecular formula is C35H48N4O4. The summed E-state index contributed by atoms with van der Waals surface area (Å²) in [6, 6.07) is 10.6. The highest BCUT2D eigenvalue weighted by molar-refractivity contribution is 5.94. The van der Waals surface area contributed by atoms with E-state index in [0.29, 0.717) is 17.8 Å². The molecule has 0 saturated heterocycles. The van der Waals surface area contributed by atoms with Gasteiger partial charge in [0.05, 0.1) is 7.11 Å². The lowest BCUT2D eigenvalue weighted by atomic mass is 9.78. The minimum atomic E-state index is -0.333. The number of amides is 2. The van der Waals surface area contributed by atoms with E-state index in [4.69, 9.17) is 19.1 Å². The van der Waals surface area contributed by atoms with Crippen LogP contribution in [0.15, 0.2) is 47.2 Å². The monoisotopic (exact) mass is 588 g/mol. The van der Waals surface area contributed by atoms with E-state index in [1.54, 1.807) is 13.4 Å². The number of pyridine rings is 1. The van der Waals surface area contributed by atoms with E-state index in [2.05, 4.69) is 30.9 Å². The minimum Gasteiger partial charge on any atom is -0.496 e. The van der Waals surface area contributed by atoms with Gasteiger partial charge in [0.25, 0.3) is 0 Å². The van der Waals surface area contributed by atoms with Crippen molar-refractivity contribution in [3.8, 4) is 17.0 Å². The zero-order valence-corrected chi connectivity index (χ0v) is 25.9. The number of hydrogen-bond acceptors (Lipinski definition) is 6. The Morgan fingerprint density at radius 1 is 1.00 bits per heavy atom. The minimum absolute atomic E-state index is 0. The van der Waals surface area contributed by atoms with Gasteiger partial charge in [-0.15, -0.1) is 0 Å². The third kappa shape index (κ3) is 8.03. The molecule has 6 rings (SSSR count). The average Bonchev–Trinajstić information content (AvgIpc) is 3.76. The summed E-state index contributed by atoms with van der Waals surface area (Å²) in [5.74, 6) is 4.10. The van der Waals surface area contributed by atoms with E-state index >= 15 is 0 Å². The van der Waals surface area contributed by atoms with Crippen molar-refractivity contribution in [2.75, 3.05) is 18.6 Å². The number of anilines is 1. The van der Waals surface area contributed by atoms with Gasteiger partial charge in [-0.2, -0.15) is 0 Å². The van der Waals surface area contributed by atoms with Gasteiger partial charge in [-0.3, -0.25) is 14.5 Å². The summed E-state index contributed by atoms with van der Waals surface area (Å²) in [7, 11) is 1.73. The first kappa shape index (κ1) is 30.8. The van der Waals surface area contributed by atoms with Gasteiger partial charge in [-0.05, 0) is 99.5 Å². The summed E-state index contributed by atoms with van der Waals surface area (Å²) in [4.78, 5) is 34.7. The summed E-state index contributed by atoms with van der Waals surface area (Å²) < 4.78 is 11.2. The van der Waals surface area contributed by atoms with Crippen molar-refractivity contribution in [3.63, 3.8) is 0 Å². The maximum absolute atomic E-state index is 13.9. The third-order valence-corrected chi connectivity index (χ3v) is 9.16. The van der Waals surface area contributed by atoms with Gasteiger partial charge in [0.2, 0.25) is 11.8 Å². The number of nitrogens with two attached hydrogens (primary N) is 1. The van der Waals surface area contributed by atoms with Crippen LogP contribution in [-0.2, 0) is 9.59 Å². The predicted octanol–water partition coefficient (Wildman–Crippen LogP) is 7.56. The molecule has 2 N–H and O–H groups in total. The molecule has 3 saturated carbocycles. The lowest BCUT2D eigenvalue weighted by Gasteiger charge is -2.35. The van der Waals surface area contributed by atoms with Crippen LogP contribution in [0.3, 0.4) is 0 Å². The standard InChI is InChI=1S/C33H41N3O3.C2H5NO.H2/c1-22-18-27(14-15-30(22)38-2)24-10-8-23(9-11-24)20-36(33(37)26-6-4-3-5-7-26)31-19-28(16-17-34-31)29-21-39-32(35-29)25-12-13-25;1-2(3)4;/h14-19,21,23-26H,3-13,20H2,1-2H3;1H3,(H2,3,4);1H. The molecule has 0 spiro atoms. The van der Waals surface area contributed by atoms with Crippen LogP contribution < -0.4 is 15.4 Å². The van der Waals surface area contributed by atoms with Crippen molar-refractivity contribution < 1.29 is 20.2 Å². The molecule has 0 unspecified atom stereocenters. The van der Waals surface area contributed by atoms with Crippen molar-refractivity contribution in [1.29, 1.82) is 0 Å². The van der Waals surface area contributed by atoms with Crippen LogP contribution in [0.25, 0.3) is 11.3 Å². The maximum atomic E-state index is 13.9. The molecule has 2 heterocycles. The number of primary amides is 1. The molecule has 0 bridgehead atoms. The Kier molecular flexibility index (Phi) is 10.2. The number of methoxy groups -OCH3 is 1. The second-order valence-corrected chi connectivity index (χ2v) is 12.6. The van der Waals surface area contributed by atoms with Gasteiger partial charge < -0.3 is 14.9 Å². The number of aryl methyl sites for hydroxylation is 1. The third-order valence-electron chi connectivity index (χ3n) is 9.16. The summed E-state index contributed by atoms with van der Waals surface area (Å²) in [6.07, 6.45) is 16.0. The molecule has 8 heteroatoms. The fourth-order valence-corrected chi connectivity index (χ4v) is 6.62. The van der Waals surface area contributed by atoms with Crippen LogP contribution in [0, 0.1) is 18.8 Å². The van der Waals surface area contributed by atoms with Crippen LogP contribution in [-0.4, -0.2) is 35.4 Å². The second kappa shape index (κ2) is 14.2. The Morgan fingerprint density at radius 3 is 2.35 bits per heavy atom. The first-order valence-corrected chi connectivity index (χ1v) is 16.0. The van der Waals surface area contributed by atoms with Crippen molar-refractivity contribution in [2.24, 2.45) is 17.6 Å². The fourth-order valence-electron chi connectivity index (χ4n) is 6.62. The Balaban J connectivity index is 0.000000834. The van der Waals surface area contributed by atoms with Crippen molar-refractivity contribution in [2.45, 2.75) is 96.3 Å². The number of oxazole rings is 1. The number of hydrogen-bond donors (Lipinski definition) is 1. The highest BCUT2D eigenvalue weighted by Crippen LogP contribution is 2.41. The van der Waals surface area contributed by atoms with Crippen LogP contribution >= 0.6 is 0 Å². The molecule has 232 valence electrons. The van der Waals surface area contributed by atoms with Crippen molar-refractivity contribution in [1.82, 2.24) is 9.97 Å². The van der Waals surface area contributed by atoms with E-state index in [1.165, 1.54) is 24.5 Å². The van der Waals surface area contributed by atoms with Gasteiger partial charge in [-0.25, -0.2) is 9.97 Å². The number of rotatable bonds is 8. The lowest BCUT2D eigenvalue weighted by molar-refractivity contribution is -0.123. The van der Waals surface area contributed by atoms with Gasteiger partial charge in [0, 0.05) is 38.5 Å². The Bertz CT molecular complexity index is 1390. The van der Waals surface area contributed by atoms with Gasteiger partial charge in [0.1, 0.15) is 23.5 Å². The average molecular weight is 589 g/mol.